The highest BCUT2D eigenvalue weighted by Gasteiger charge is 2.41. The molecule has 2 heterocycles. The predicted molar refractivity (Wildman–Crippen MR) is 87.2 cm³/mol. The molecule has 4 nitrogen and oxygen atoms in total. The summed E-state index contributed by atoms with van der Waals surface area (Å²) in [4.78, 5) is 29.6. The van der Waals surface area contributed by atoms with Crippen molar-refractivity contribution < 1.29 is 14.0 Å². The van der Waals surface area contributed by atoms with Crippen LogP contribution in [-0.4, -0.2) is 16.6 Å². The van der Waals surface area contributed by atoms with E-state index in [4.69, 9.17) is 4.42 Å². The predicted octanol–water partition coefficient (Wildman–Crippen LogP) is 4.21. The number of rotatable bonds is 1. The maximum Gasteiger partial charge on any atom is 0.238 e. The maximum atomic E-state index is 12.6. The smallest absolute Gasteiger partial charge is 0.238 e. The Balaban J connectivity index is 1.69. The number of carbonyl (C=O) groups is 2. The van der Waals surface area contributed by atoms with Gasteiger partial charge in [0.25, 0.3) is 0 Å². The van der Waals surface area contributed by atoms with E-state index in [1.165, 1.54) is 11.3 Å². The number of thiazole rings is 1. The molecule has 0 fully saturated rings. The Kier molecular flexibility index (Phi) is 2.41. The molecule has 2 aromatic carbocycles. The molecule has 0 bridgehead atoms. The first-order chi connectivity index (χ1) is 11.2. The molecule has 0 radical (unpaired) electrons. The van der Waals surface area contributed by atoms with Crippen molar-refractivity contribution in [3.63, 3.8) is 0 Å². The highest BCUT2D eigenvalue weighted by Crippen LogP contribution is 2.40. The van der Waals surface area contributed by atoms with E-state index >= 15 is 0 Å². The SMILES string of the molecule is O=C1c2ccccc2C(=O)C1c1nc2oc3ccccc3c2s1. The fourth-order valence-electron chi connectivity index (χ4n) is 3.10. The van der Waals surface area contributed by atoms with E-state index in [1.54, 1.807) is 24.3 Å². The van der Waals surface area contributed by atoms with Crippen molar-refractivity contribution in [2.24, 2.45) is 0 Å². The zero-order chi connectivity index (χ0) is 15.6. The van der Waals surface area contributed by atoms with Crippen molar-refractivity contribution in [1.29, 1.82) is 0 Å². The summed E-state index contributed by atoms with van der Waals surface area (Å²) >= 11 is 1.36. The van der Waals surface area contributed by atoms with Crippen molar-refractivity contribution >= 4 is 44.3 Å². The number of Topliss-reactive ketones (excluding diaryl/α,β-unsaturated/α-hetero) is 2. The lowest BCUT2D eigenvalue weighted by Gasteiger charge is -2.00. The number of hydrogen-bond donors (Lipinski definition) is 0. The van der Waals surface area contributed by atoms with Crippen LogP contribution in [0.3, 0.4) is 0 Å². The molecule has 0 atom stereocenters. The molecule has 2 aromatic heterocycles. The maximum absolute atomic E-state index is 12.6. The molecule has 5 rings (SSSR count). The average molecular weight is 319 g/mol. The number of carbonyl (C=O) groups excluding carboxylic acids is 2. The van der Waals surface area contributed by atoms with Gasteiger partial charge in [0.2, 0.25) is 5.71 Å². The second-order valence-corrected chi connectivity index (χ2v) is 6.52. The lowest BCUT2D eigenvalue weighted by Crippen LogP contribution is -2.12. The second kappa shape index (κ2) is 4.36. The number of para-hydroxylation sites is 1. The van der Waals surface area contributed by atoms with Crippen LogP contribution in [0.4, 0.5) is 0 Å². The van der Waals surface area contributed by atoms with E-state index in [-0.39, 0.29) is 11.6 Å². The molecular formula is C18H9NO3S. The van der Waals surface area contributed by atoms with Crippen LogP contribution in [0.5, 0.6) is 0 Å². The second-order valence-electron chi connectivity index (χ2n) is 5.49. The van der Waals surface area contributed by atoms with Gasteiger partial charge in [-0.3, -0.25) is 9.59 Å². The van der Waals surface area contributed by atoms with Gasteiger partial charge in [-0.15, -0.1) is 11.3 Å². The molecule has 5 heteroatoms. The lowest BCUT2D eigenvalue weighted by atomic mass is 10.1. The first-order valence-electron chi connectivity index (χ1n) is 7.19. The summed E-state index contributed by atoms with van der Waals surface area (Å²) in [5, 5.41) is 1.47. The highest BCUT2D eigenvalue weighted by molar-refractivity contribution is 7.19. The van der Waals surface area contributed by atoms with Crippen molar-refractivity contribution in [2.45, 2.75) is 5.92 Å². The van der Waals surface area contributed by atoms with E-state index in [2.05, 4.69) is 4.98 Å². The summed E-state index contributed by atoms with van der Waals surface area (Å²) in [7, 11) is 0. The summed E-state index contributed by atoms with van der Waals surface area (Å²) in [5.41, 5.74) is 2.22. The molecule has 0 N–H and O–H groups in total. The molecule has 0 spiro atoms. The Bertz CT molecular complexity index is 1090. The average Bonchev–Trinajstić information content (AvgIpc) is 3.19. The largest absolute Gasteiger partial charge is 0.437 e. The number of fused-ring (bicyclic) bond motifs is 4. The topological polar surface area (TPSA) is 60.2 Å². The monoisotopic (exact) mass is 319 g/mol. The van der Waals surface area contributed by atoms with Crippen LogP contribution < -0.4 is 0 Å². The standard InChI is InChI=1S/C18H9NO3S/c20-14-9-5-1-2-6-10(9)15(21)13(14)18-19-17-16(23-18)11-7-3-4-8-12(11)22-17/h1-8,13H. The Morgan fingerprint density at radius 1 is 0.913 bits per heavy atom. The quantitative estimate of drug-likeness (QED) is 0.493. The molecule has 0 saturated carbocycles. The lowest BCUT2D eigenvalue weighted by molar-refractivity contribution is 0.0890. The van der Waals surface area contributed by atoms with Crippen LogP contribution in [0.15, 0.2) is 52.9 Å². The summed E-state index contributed by atoms with van der Waals surface area (Å²) in [5.74, 6) is -1.18. The Hall–Kier alpha value is -2.79. The summed E-state index contributed by atoms with van der Waals surface area (Å²) < 4.78 is 6.60. The van der Waals surface area contributed by atoms with Crippen LogP contribution in [0.25, 0.3) is 21.4 Å². The molecule has 23 heavy (non-hydrogen) atoms. The fraction of sp³-hybridized carbons (Fsp3) is 0.0556. The van der Waals surface area contributed by atoms with Gasteiger partial charge < -0.3 is 4.42 Å². The molecule has 110 valence electrons. The molecular weight excluding hydrogens is 310 g/mol. The van der Waals surface area contributed by atoms with Gasteiger partial charge in [-0.2, -0.15) is 0 Å². The Morgan fingerprint density at radius 3 is 2.30 bits per heavy atom. The van der Waals surface area contributed by atoms with Crippen LogP contribution in [-0.2, 0) is 0 Å². The normalized spacial score (nSPS) is 15.0. The molecule has 4 aromatic rings. The summed E-state index contributed by atoms with van der Waals surface area (Å²) in [6.45, 7) is 0. The van der Waals surface area contributed by atoms with Crippen molar-refractivity contribution in [3.05, 3.63) is 64.7 Å². The third kappa shape index (κ3) is 1.62. The van der Waals surface area contributed by atoms with Gasteiger partial charge in [0.05, 0.1) is 0 Å². The third-order valence-electron chi connectivity index (χ3n) is 4.18. The van der Waals surface area contributed by atoms with E-state index in [9.17, 15) is 9.59 Å². The number of nitrogens with zero attached hydrogens (tertiary/aromatic N) is 1. The van der Waals surface area contributed by atoms with Gasteiger partial charge in [-0.05, 0) is 12.1 Å². The highest BCUT2D eigenvalue weighted by atomic mass is 32.1. The first-order valence-corrected chi connectivity index (χ1v) is 8.01. The van der Waals surface area contributed by atoms with Crippen LogP contribution in [0, 0.1) is 0 Å². The van der Waals surface area contributed by atoms with E-state index < -0.39 is 5.92 Å². The molecule has 1 aliphatic rings. The number of aromatic nitrogens is 1. The van der Waals surface area contributed by atoms with Gasteiger partial charge in [0.15, 0.2) is 11.6 Å². The molecule has 0 unspecified atom stereocenters. The fourth-order valence-corrected chi connectivity index (χ4v) is 4.22. The molecule has 0 aliphatic heterocycles. The van der Waals surface area contributed by atoms with Crippen LogP contribution >= 0.6 is 11.3 Å². The van der Waals surface area contributed by atoms with Gasteiger partial charge in [0.1, 0.15) is 21.2 Å². The first kappa shape index (κ1) is 12.7. The van der Waals surface area contributed by atoms with Crippen molar-refractivity contribution in [1.82, 2.24) is 4.98 Å². The molecule has 1 aliphatic carbocycles. The minimum absolute atomic E-state index is 0.175. The number of furan rings is 1. The zero-order valence-electron chi connectivity index (χ0n) is 11.8. The minimum Gasteiger partial charge on any atom is -0.437 e. The van der Waals surface area contributed by atoms with Gasteiger partial charge in [0, 0.05) is 16.5 Å². The van der Waals surface area contributed by atoms with Gasteiger partial charge >= 0.3 is 0 Å². The third-order valence-corrected chi connectivity index (χ3v) is 5.32. The summed E-state index contributed by atoms with van der Waals surface area (Å²) in [6, 6.07) is 14.6. The van der Waals surface area contributed by atoms with Crippen LogP contribution in [0.2, 0.25) is 0 Å². The Morgan fingerprint density at radius 2 is 1.57 bits per heavy atom. The number of ketones is 2. The van der Waals surface area contributed by atoms with Gasteiger partial charge in [-0.25, -0.2) is 4.98 Å². The summed E-state index contributed by atoms with van der Waals surface area (Å²) in [6.07, 6.45) is 0. The van der Waals surface area contributed by atoms with E-state index in [0.717, 1.165) is 15.7 Å². The van der Waals surface area contributed by atoms with Gasteiger partial charge in [-0.1, -0.05) is 36.4 Å². The number of hydrogen-bond acceptors (Lipinski definition) is 5. The molecule has 0 saturated heterocycles. The van der Waals surface area contributed by atoms with E-state index in [0.29, 0.717) is 21.8 Å². The van der Waals surface area contributed by atoms with E-state index in [1.807, 2.05) is 24.3 Å². The minimum atomic E-state index is -0.834. The van der Waals surface area contributed by atoms with Crippen LogP contribution in [0.1, 0.15) is 31.6 Å². The molecule has 0 amide bonds. The van der Waals surface area contributed by atoms with Crippen molar-refractivity contribution in [2.75, 3.05) is 0 Å². The zero-order valence-corrected chi connectivity index (χ0v) is 12.6. The Labute approximate surface area is 134 Å². The number of benzene rings is 2. The van der Waals surface area contributed by atoms with Crippen molar-refractivity contribution in [3.8, 4) is 0 Å².